The van der Waals surface area contributed by atoms with Crippen LogP contribution in [0.1, 0.15) is 47.0 Å². The minimum Gasteiger partial charge on any atom is -0.399 e. The minimum absolute atomic E-state index is 0.341. The first-order chi connectivity index (χ1) is 10.3. The van der Waals surface area contributed by atoms with E-state index in [-0.39, 0.29) is 11.2 Å². The predicted octanol–water partition coefficient (Wildman–Crippen LogP) is 3.63. The molecule has 2 aliphatic heterocycles. The van der Waals surface area contributed by atoms with Gasteiger partial charge in [-0.1, -0.05) is 17.7 Å². The summed E-state index contributed by atoms with van der Waals surface area (Å²) in [5.41, 5.74) is 1.44. The third-order valence-electron chi connectivity index (χ3n) is 5.21. The molecule has 0 saturated carbocycles. The highest BCUT2D eigenvalue weighted by Gasteiger charge is 2.52. The molecule has 2 heterocycles. The molecule has 1 aromatic rings. The minimum atomic E-state index is -0.395. The van der Waals surface area contributed by atoms with Gasteiger partial charge in [0.05, 0.1) is 11.2 Å². The van der Waals surface area contributed by atoms with Crippen molar-refractivity contribution in [3.63, 3.8) is 0 Å². The van der Waals surface area contributed by atoms with Gasteiger partial charge in [0.2, 0.25) is 0 Å². The topological polar surface area (TPSA) is 21.7 Å². The molecule has 1 aromatic carbocycles. The van der Waals surface area contributed by atoms with Gasteiger partial charge in [-0.2, -0.15) is 0 Å². The molecule has 5 heteroatoms. The van der Waals surface area contributed by atoms with Gasteiger partial charge < -0.3 is 14.2 Å². The quantitative estimate of drug-likeness (QED) is 0.776. The number of hydrogen-bond acceptors (Lipinski definition) is 3. The van der Waals surface area contributed by atoms with E-state index < -0.39 is 7.12 Å². The molecule has 2 saturated heterocycles. The Morgan fingerprint density at radius 3 is 2.14 bits per heavy atom. The molecule has 0 spiro atoms. The summed E-state index contributed by atoms with van der Waals surface area (Å²) < 4.78 is 12.2. The van der Waals surface area contributed by atoms with Gasteiger partial charge in [0.1, 0.15) is 0 Å². The Kier molecular flexibility index (Phi) is 4.21. The van der Waals surface area contributed by atoms with Crippen LogP contribution in [0.15, 0.2) is 18.2 Å². The number of hydrogen-bond donors (Lipinski definition) is 0. The SMILES string of the molecule is CC1(C)OB(c2ccc(N3CCCCC3)cc2Cl)OC1(C)C. The van der Waals surface area contributed by atoms with Crippen LogP contribution in [0.2, 0.25) is 5.02 Å². The Hall–Kier alpha value is -0.705. The summed E-state index contributed by atoms with van der Waals surface area (Å²) in [4.78, 5) is 2.41. The van der Waals surface area contributed by atoms with Crippen LogP contribution < -0.4 is 10.4 Å². The molecular weight excluding hydrogens is 296 g/mol. The van der Waals surface area contributed by atoms with Crippen LogP contribution in [0, 0.1) is 0 Å². The fourth-order valence-electron chi connectivity index (χ4n) is 3.03. The van der Waals surface area contributed by atoms with Gasteiger partial charge >= 0.3 is 7.12 Å². The van der Waals surface area contributed by atoms with Gasteiger partial charge in [-0.15, -0.1) is 0 Å². The molecule has 2 aliphatic rings. The number of anilines is 1. The number of benzene rings is 1. The second kappa shape index (κ2) is 5.74. The highest BCUT2D eigenvalue weighted by molar-refractivity contribution is 6.65. The first kappa shape index (κ1) is 16.2. The van der Waals surface area contributed by atoms with E-state index in [0.717, 1.165) is 23.6 Å². The third kappa shape index (κ3) is 2.89. The molecule has 0 N–H and O–H groups in total. The largest absolute Gasteiger partial charge is 0.496 e. The average molecular weight is 322 g/mol. The monoisotopic (exact) mass is 321 g/mol. The Bertz CT molecular complexity index is 540. The molecule has 120 valence electrons. The zero-order valence-corrected chi connectivity index (χ0v) is 14.7. The molecule has 0 amide bonds. The number of halogens is 1. The normalized spacial score (nSPS) is 23.9. The van der Waals surface area contributed by atoms with Crippen LogP contribution >= 0.6 is 11.6 Å². The van der Waals surface area contributed by atoms with Crippen molar-refractivity contribution in [2.24, 2.45) is 0 Å². The summed E-state index contributed by atoms with van der Waals surface area (Å²) in [6.45, 7) is 10.5. The van der Waals surface area contributed by atoms with E-state index in [9.17, 15) is 0 Å². The molecule has 0 atom stereocenters. The van der Waals surface area contributed by atoms with E-state index in [2.05, 4.69) is 44.7 Å². The molecule has 0 aliphatic carbocycles. The lowest BCUT2D eigenvalue weighted by Gasteiger charge is -2.32. The van der Waals surface area contributed by atoms with Gasteiger partial charge in [-0.05, 0) is 59.1 Å². The summed E-state index contributed by atoms with van der Waals surface area (Å²) in [6.07, 6.45) is 3.85. The average Bonchev–Trinajstić information content (AvgIpc) is 2.68. The lowest BCUT2D eigenvalue weighted by atomic mass is 9.79. The Morgan fingerprint density at radius 2 is 1.59 bits per heavy atom. The van der Waals surface area contributed by atoms with Crippen LogP contribution in [-0.4, -0.2) is 31.4 Å². The van der Waals surface area contributed by atoms with Gasteiger partial charge in [-0.25, -0.2) is 0 Å². The summed E-state index contributed by atoms with van der Waals surface area (Å²) in [7, 11) is -0.395. The van der Waals surface area contributed by atoms with Crippen molar-refractivity contribution < 1.29 is 9.31 Å². The van der Waals surface area contributed by atoms with E-state index in [1.165, 1.54) is 24.9 Å². The number of nitrogens with zero attached hydrogens (tertiary/aromatic N) is 1. The zero-order chi connectivity index (χ0) is 16.0. The third-order valence-corrected chi connectivity index (χ3v) is 5.54. The smallest absolute Gasteiger partial charge is 0.399 e. The first-order valence-electron chi connectivity index (χ1n) is 8.20. The van der Waals surface area contributed by atoms with Crippen molar-refractivity contribution >= 4 is 29.9 Å². The molecule has 0 radical (unpaired) electrons. The Morgan fingerprint density at radius 1 is 1.00 bits per heavy atom. The lowest BCUT2D eigenvalue weighted by Crippen LogP contribution is -2.41. The highest BCUT2D eigenvalue weighted by atomic mass is 35.5. The van der Waals surface area contributed by atoms with Crippen molar-refractivity contribution in [1.82, 2.24) is 0 Å². The Balaban J connectivity index is 1.81. The lowest BCUT2D eigenvalue weighted by molar-refractivity contribution is 0.00578. The van der Waals surface area contributed by atoms with Gasteiger partial charge in [0.25, 0.3) is 0 Å². The van der Waals surface area contributed by atoms with Gasteiger partial charge in [0.15, 0.2) is 0 Å². The van der Waals surface area contributed by atoms with E-state index in [4.69, 9.17) is 20.9 Å². The van der Waals surface area contributed by atoms with Crippen LogP contribution in [0.4, 0.5) is 5.69 Å². The van der Waals surface area contributed by atoms with E-state index >= 15 is 0 Å². The second-order valence-electron chi connectivity index (χ2n) is 7.34. The molecule has 3 rings (SSSR count). The van der Waals surface area contributed by atoms with Crippen molar-refractivity contribution in [2.75, 3.05) is 18.0 Å². The molecule has 0 aromatic heterocycles. The molecule has 3 nitrogen and oxygen atoms in total. The van der Waals surface area contributed by atoms with Crippen molar-refractivity contribution in [3.05, 3.63) is 23.2 Å². The molecule has 2 fully saturated rings. The molecule has 0 unspecified atom stereocenters. The standard InChI is InChI=1S/C17H25BClNO2/c1-16(2)17(3,4)22-18(21-16)14-9-8-13(12-15(14)19)20-10-6-5-7-11-20/h8-9,12H,5-7,10-11H2,1-4H3. The van der Waals surface area contributed by atoms with Gasteiger partial charge in [0, 0.05) is 29.3 Å². The zero-order valence-electron chi connectivity index (χ0n) is 14.0. The van der Waals surface area contributed by atoms with E-state index in [1.807, 2.05) is 6.07 Å². The molecule has 0 bridgehead atoms. The maximum Gasteiger partial charge on any atom is 0.496 e. The summed E-state index contributed by atoms with van der Waals surface area (Å²) >= 11 is 6.53. The van der Waals surface area contributed by atoms with Crippen molar-refractivity contribution in [2.45, 2.75) is 58.2 Å². The van der Waals surface area contributed by atoms with Crippen molar-refractivity contribution in [1.29, 1.82) is 0 Å². The predicted molar refractivity (Wildman–Crippen MR) is 93.2 cm³/mol. The fourth-order valence-corrected chi connectivity index (χ4v) is 3.29. The number of piperidine rings is 1. The number of rotatable bonds is 2. The summed E-state index contributed by atoms with van der Waals surface area (Å²) in [5, 5.41) is 0.724. The van der Waals surface area contributed by atoms with Crippen LogP contribution in [-0.2, 0) is 9.31 Å². The first-order valence-corrected chi connectivity index (χ1v) is 8.58. The molecular formula is C17H25BClNO2. The van der Waals surface area contributed by atoms with Crippen LogP contribution in [0.25, 0.3) is 0 Å². The van der Waals surface area contributed by atoms with Crippen LogP contribution in [0.5, 0.6) is 0 Å². The maximum atomic E-state index is 6.53. The van der Waals surface area contributed by atoms with Crippen molar-refractivity contribution in [3.8, 4) is 0 Å². The van der Waals surface area contributed by atoms with E-state index in [0.29, 0.717) is 0 Å². The summed E-state index contributed by atoms with van der Waals surface area (Å²) in [6, 6.07) is 6.24. The van der Waals surface area contributed by atoms with Gasteiger partial charge in [-0.3, -0.25) is 0 Å². The maximum absolute atomic E-state index is 6.53. The van der Waals surface area contributed by atoms with Crippen LogP contribution in [0.3, 0.4) is 0 Å². The second-order valence-corrected chi connectivity index (χ2v) is 7.75. The highest BCUT2D eigenvalue weighted by Crippen LogP contribution is 2.37. The summed E-state index contributed by atoms with van der Waals surface area (Å²) in [5.74, 6) is 0. The molecule has 22 heavy (non-hydrogen) atoms. The van der Waals surface area contributed by atoms with E-state index in [1.54, 1.807) is 0 Å². The Labute approximate surface area is 139 Å². The fraction of sp³-hybridized carbons (Fsp3) is 0.647.